The largest absolute Gasteiger partial charge is 0.355 e. The van der Waals surface area contributed by atoms with Crippen LogP contribution in [0.4, 0.5) is 0 Å². The minimum atomic E-state index is 0.686. The van der Waals surface area contributed by atoms with Gasteiger partial charge in [-0.3, -0.25) is 10.4 Å². The highest BCUT2D eigenvalue weighted by Crippen LogP contribution is 2.15. The average molecular weight is 241 g/mol. The molecular weight excluding hydrogens is 214 g/mol. The second-order valence-electron chi connectivity index (χ2n) is 4.66. The lowest BCUT2D eigenvalue weighted by Gasteiger charge is -2.13. The molecule has 1 aliphatic heterocycles. The molecular formula is C12H27N5. The van der Waals surface area contributed by atoms with Crippen LogP contribution in [0.1, 0.15) is 33.1 Å². The maximum Gasteiger partial charge on any atom is 0.205 e. The minimum Gasteiger partial charge on any atom is -0.355 e. The zero-order chi connectivity index (χ0) is 12.5. The van der Waals surface area contributed by atoms with Gasteiger partial charge in [-0.15, -0.1) is 0 Å². The third-order valence-electron chi connectivity index (χ3n) is 3.28. The number of hydrogen-bond acceptors (Lipinski definition) is 3. The van der Waals surface area contributed by atoms with Gasteiger partial charge in [-0.25, -0.2) is 5.84 Å². The van der Waals surface area contributed by atoms with Gasteiger partial charge in [0.1, 0.15) is 0 Å². The van der Waals surface area contributed by atoms with Crippen LogP contribution in [-0.4, -0.2) is 43.6 Å². The molecule has 0 saturated carbocycles. The van der Waals surface area contributed by atoms with Crippen LogP contribution in [0.3, 0.4) is 0 Å². The molecule has 0 aliphatic carbocycles. The van der Waals surface area contributed by atoms with Crippen LogP contribution < -0.4 is 16.6 Å². The number of hydrazine groups is 1. The van der Waals surface area contributed by atoms with E-state index in [1.165, 1.54) is 25.9 Å². The number of likely N-dealkylation sites (tertiary alicyclic amines) is 1. The van der Waals surface area contributed by atoms with Crippen molar-refractivity contribution in [3.05, 3.63) is 0 Å². The van der Waals surface area contributed by atoms with E-state index in [1.807, 2.05) is 0 Å². The van der Waals surface area contributed by atoms with Crippen LogP contribution in [0.15, 0.2) is 4.99 Å². The van der Waals surface area contributed by atoms with Crippen molar-refractivity contribution >= 4 is 5.96 Å². The Kier molecular flexibility index (Phi) is 6.96. The quantitative estimate of drug-likeness (QED) is 0.209. The molecule has 0 aromatic rings. The van der Waals surface area contributed by atoms with Crippen LogP contribution >= 0.6 is 0 Å². The predicted molar refractivity (Wildman–Crippen MR) is 72.8 cm³/mol. The van der Waals surface area contributed by atoms with Crippen LogP contribution in [0.2, 0.25) is 0 Å². The third kappa shape index (κ3) is 5.37. The molecule has 1 atom stereocenters. The number of guanidine groups is 1. The van der Waals surface area contributed by atoms with Crippen LogP contribution in [-0.2, 0) is 0 Å². The van der Waals surface area contributed by atoms with Crippen LogP contribution in [0.25, 0.3) is 0 Å². The summed E-state index contributed by atoms with van der Waals surface area (Å²) in [6.45, 7) is 9.73. The molecule has 5 heteroatoms. The summed E-state index contributed by atoms with van der Waals surface area (Å²) in [6, 6.07) is 0. The highest BCUT2D eigenvalue weighted by molar-refractivity contribution is 5.79. The van der Waals surface area contributed by atoms with E-state index in [-0.39, 0.29) is 0 Å². The molecule has 1 aliphatic rings. The second-order valence-corrected chi connectivity index (χ2v) is 4.66. The SMILES string of the molecule is CCCCNC(=NCC1CCN(CC)C1)NN. The lowest BCUT2D eigenvalue weighted by molar-refractivity contribution is 0.343. The maximum atomic E-state index is 5.44. The fourth-order valence-corrected chi connectivity index (χ4v) is 2.11. The number of rotatable bonds is 6. The number of aliphatic imine (C=N–C) groups is 1. The summed E-state index contributed by atoms with van der Waals surface area (Å²) in [6.07, 6.45) is 3.58. The van der Waals surface area contributed by atoms with Crippen molar-refractivity contribution in [3.8, 4) is 0 Å². The molecule has 1 unspecified atom stereocenters. The Morgan fingerprint density at radius 1 is 1.47 bits per heavy atom. The molecule has 5 nitrogen and oxygen atoms in total. The first-order valence-electron chi connectivity index (χ1n) is 6.77. The summed E-state index contributed by atoms with van der Waals surface area (Å²) in [5.41, 5.74) is 2.64. The standard InChI is InChI=1S/C12H27N5/c1-3-5-7-14-12(16-13)15-9-11-6-8-17(4-2)10-11/h11H,3-10,13H2,1-2H3,(H2,14,15,16). The highest BCUT2D eigenvalue weighted by Gasteiger charge is 2.20. The molecule has 0 bridgehead atoms. The van der Waals surface area contributed by atoms with E-state index in [1.54, 1.807) is 0 Å². The van der Waals surface area contributed by atoms with E-state index in [4.69, 9.17) is 5.84 Å². The molecule has 0 amide bonds. The zero-order valence-corrected chi connectivity index (χ0v) is 11.2. The van der Waals surface area contributed by atoms with Gasteiger partial charge >= 0.3 is 0 Å². The Balaban J connectivity index is 2.24. The van der Waals surface area contributed by atoms with Crippen molar-refractivity contribution in [1.82, 2.24) is 15.6 Å². The first-order valence-corrected chi connectivity index (χ1v) is 6.77. The van der Waals surface area contributed by atoms with Crippen molar-refractivity contribution in [2.45, 2.75) is 33.1 Å². The van der Waals surface area contributed by atoms with Crippen molar-refractivity contribution in [2.24, 2.45) is 16.8 Å². The van der Waals surface area contributed by atoms with E-state index in [2.05, 4.69) is 34.5 Å². The molecule has 100 valence electrons. The van der Waals surface area contributed by atoms with Gasteiger partial charge in [0.2, 0.25) is 5.96 Å². The second kappa shape index (κ2) is 8.31. The van der Waals surface area contributed by atoms with Gasteiger partial charge in [0.25, 0.3) is 0 Å². The number of nitrogens with one attached hydrogen (secondary N) is 2. The van der Waals surface area contributed by atoms with E-state index >= 15 is 0 Å². The Hall–Kier alpha value is -0.810. The van der Waals surface area contributed by atoms with Gasteiger partial charge < -0.3 is 10.2 Å². The highest BCUT2D eigenvalue weighted by atomic mass is 15.3. The Morgan fingerprint density at radius 2 is 2.29 bits per heavy atom. The maximum absolute atomic E-state index is 5.44. The Morgan fingerprint density at radius 3 is 2.88 bits per heavy atom. The number of hydrogen-bond donors (Lipinski definition) is 3. The summed E-state index contributed by atoms with van der Waals surface area (Å²) in [5.74, 6) is 6.86. The Bertz CT molecular complexity index is 229. The van der Waals surface area contributed by atoms with Crippen LogP contribution in [0.5, 0.6) is 0 Å². The first-order chi connectivity index (χ1) is 8.30. The Labute approximate surface area is 105 Å². The van der Waals surface area contributed by atoms with Gasteiger partial charge in [-0.05, 0) is 31.8 Å². The first kappa shape index (κ1) is 14.3. The smallest absolute Gasteiger partial charge is 0.205 e. The van der Waals surface area contributed by atoms with Gasteiger partial charge in [-0.2, -0.15) is 0 Å². The van der Waals surface area contributed by atoms with Crippen molar-refractivity contribution < 1.29 is 0 Å². The summed E-state index contributed by atoms with van der Waals surface area (Å²) >= 11 is 0. The number of nitrogens with zero attached hydrogens (tertiary/aromatic N) is 2. The molecule has 0 spiro atoms. The molecule has 4 N–H and O–H groups in total. The number of nitrogens with two attached hydrogens (primary N) is 1. The monoisotopic (exact) mass is 241 g/mol. The molecule has 1 rings (SSSR count). The molecule has 1 saturated heterocycles. The number of unbranched alkanes of at least 4 members (excludes halogenated alkanes) is 1. The van der Waals surface area contributed by atoms with Crippen molar-refractivity contribution in [1.29, 1.82) is 0 Å². The van der Waals surface area contributed by atoms with Gasteiger partial charge in [0.15, 0.2) is 0 Å². The fraction of sp³-hybridized carbons (Fsp3) is 0.917. The zero-order valence-electron chi connectivity index (χ0n) is 11.2. The molecule has 0 aromatic heterocycles. The van der Waals surface area contributed by atoms with Crippen molar-refractivity contribution in [3.63, 3.8) is 0 Å². The van der Waals surface area contributed by atoms with E-state index < -0.39 is 0 Å². The summed E-state index contributed by atoms with van der Waals surface area (Å²) in [5, 5.41) is 3.22. The molecule has 0 radical (unpaired) electrons. The average Bonchev–Trinajstić information content (AvgIpc) is 2.81. The summed E-state index contributed by atoms with van der Waals surface area (Å²) in [7, 11) is 0. The lowest BCUT2D eigenvalue weighted by atomic mass is 10.1. The predicted octanol–water partition coefficient (Wildman–Crippen LogP) is 0.537. The molecule has 17 heavy (non-hydrogen) atoms. The van der Waals surface area contributed by atoms with E-state index in [0.717, 1.165) is 32.0 Å². The lowest BCUT2D eigenvalue weighted by Crippen LogP contribution is -2.42. The normalized spacial score (nSPS) is 21.8. The van der Waals surface area contributed by atoms with Crippen LogP contribution in [0, 0.1) is 5.92 Å². The summed E-state index contributed by atoms with van der Waals surface area (Å²) < 4.78 is 0. The van der Waals surface area contributed by atoms with Gasteiger partial charge in [-0.1, -0.05) is 20.3 Å². The molecule has 1 heterocycles. The van der Waals surface area contributed by atoms with Gasteiger partial charge in [0, 0.05) is 19.6 Å². The van der Waals surface area contributed by atoms with E-state index in [9.17, 15) is 0 Å². The minimum absolute atomic E-state index is 0.686. The molecule has 0 aromatic carbocycles. The fourth-order valence-electron chi connectivity index (χ4n) is 2.11. The topological polar surface area (TPSA) is 65.7 Å². The molecule has 1 fully saturated rings. The summed E-state index contributed by atoms with van der Waals surface area (Å²) in [4.78, 5) is 6.98. The van der Waals surface area contributed by atoms with Crippen molar-refractivity contribution in [2.75, 3.05) is 32.7 Å². The van der Waals surface area contributed by atoms with Gasteiger partial charge in [0.05, 0.1) is 0 Å². The third-order valence-corrected chi connectivity index (χ3v) is 3.28. The van der Waals surface area contributed by atoms with E-state index in [0.29, 0.717) is 5.92 Å².